The van der Waals surface area contributed by atoms with Crippen LogP contribution in [-0.4, -0.2) is 17.1 Å². The maximum atomic E-state index is 13.2. The Morgan fingerprint density at radius 3 is 2.54 bits per heavy atom. The Morgan fingerprint density at radius 1 is 1.25 bits per heavy atom. The van der Waals surface area contributed by atoms with Gasteiger partial charge >= 0.3 is 0 Å². The van der Waals surface area contributed by atoms with Gasteiger partial charge in [-0.3, -0.25) is 14.5 Å². The van der Waals surface area contributed by atoms with Crippen LogP contribution >= 0.6 is 50.9 Å². The van der Waals surface area contributed by atoms with Gasteiger partial charge in [-0.15, -0.1) is 0 Å². The predicted octanol–water partition coefficient (Wildman–Crippen LogP) is 4.67. The molecule has 0 spiro atoms. The van der Waals surface area contributed by atoms with E-state index in [0.29, 0.717) is 21.3 Å². The van der Waals surface area contributed by atoms with Crippen molar-refractivity contribution in [1.82, 2.24) is 0 Å². The molecule has 1 heterocycles. The van der Waals surface area contributed by atoms with Gasteiger partial charge in [0.2, 0.25) is 5.91 Å². The second-order valence-electron chi connectivity index (χ2n) is 5.85. The lowest BCUT2D eigenvalue weighted by molar-refractivity contribution is -0.117. The molecule has 1 aliphatic rings. The molecule has 5 nitrogen and oxygen atoms in total. The molecule has 0 unspecified atom stereocenters. The molecule has 2 amide bonds. The topological polar surface area (TPSA) is 87.2 Å². The average molecular weight is 497 g/mol. The highest BCUT2D eigenvalue weighted by Gasteiger charge is 2.40. The lowest BCUT2D eigenvalue weighted by atomic mass is 10.1. The first kappa shape index (κ1) is 20.7. The molecule has 9 heteroatoms. The zero-order valence-corrected chi connectivity index (χ0v) is 18.1. The van der Waals surface area contributed by atoms with Crippen molar-refractivity contribution in [1.29, 1.82) is 5.26 Å². The number of benzene rings is 2. The summed E-state index contributed by atoms with van der Waals surface area (Å²) in [6, 6.07) is 13.8. The van der Waals surface area contributed by atoms with Crippen LogP contribution in [0.2, 0.25) is 10.0 Å². The van der Waals surface area contributed by atoms with E-state index in [4.69, 9.17) is 28.9 Å². The number of nitrogens with zero attached hydrogens (tertiary/aromatic N) is 2. The van der Waals surface area contributed by atoms with E-state index in [1.807, 2.05) is 6.07 Å². The third-order valence-electron chi connectivity index (χ3n) is 4.02. The van der Waals surface area contributed by atoms with Crippen molar-refractivity contribution in [2.45, 2.75) is 11.7 Å². The zero-order valence-electron chi connectivity index (χ0n) is 14.2. The third-order valence-corrected chi connectivity index (χ3v) is 6.42. The quantitative estimate of drug-likeness (QED) is 0.492. The second-order valence-corrected chi connectivity index (χ2v) is 8.80. The van der Waals surface area contributed by atoms with E-state index in [2.05, 4.69) is 15.9 Å². The number of hydrogen-bond donors (Lipinski definition) is 1. The van der Waals surface area contributed by atoms with Gasteiger partial charge in [-0.05, 0) is 54.4 Å². The Hall–Kier alpha value is -1.98. The van der Waals surface area contributed by atoms with Crippen molar-refractivity contribution in [2.24, 2.45) is 5.73 Å². The summed E-state index contributed by atoms with van der Waals surface area (Å²) in [7, 11) is 0. The van der Waals surface area contributed by atoms with Crippen molar-refractivity contribution in [3.05, 3.63) is 73.1 Å². The molecule has 0 bridgehead atoms. The number of rotatable bonds is 4. The number of anilines is 1. The van der Waals surface area contributed by atoms with E-state index in [0.717, 1.165) is 16.2 Å². The van der Waals surface area contributed by atoms with Crippen molar-refractivity contribution in [3.63, 3.8) is 0 Å². The van der Waals surface area contributed by atoms with E-state index in [-0.39, 0.29) is 22.9 Å². The number of amides is 2. The molecule has 1 aliphatic heterocycles. The van der Waals surface area contributed by atoms with Gasteiger partial charge < -0.3 is 5.73 Å². The number of primary amides is 1. The standard InChI is InChI=1S/C19H12BrCl2N3O2S/c20-11-1-4-13(5-2-11)25-18(27)16(28-19(25)14(9-23)17(24)26)8-10-7-12(21)3-6-15(10)22/h1-7,16H,8H2,(H2,24,26)/b19-14-/t16-/m0/s1. The normalized spacial score (nSPS) is 18.1. The maximum absolute atomic E-state index is 13.2. The number of carbonyl (C=O) groups excluding carboxylic acids is 2. The molecule has 1 atom stereocenters. The van der Waals surface area contributed by atoms with Gasteiger partial charge in [0.1, 0.15) is 16.7 Å². The smallest absolute Gasteiger partial charge is 0.262 e. The van der Waals surface area contributed by atoms with Gasteiger partial charge in [-0.25, -0.2) is 0 Å². The second kappa shape index (κ2) is 8.58. The van der Waals surface area contributed by atoms with Gasteiger partial charge in [-0.2, -0.15) is 5.26 Å². The molecule has 0 saturated carbocycles. The van der Waals surface area contributed by atoms with E-state index in [9.17, 15) is 14.9 Å². The summed E-state index contributed by atoms with van der Waals surface area (Å²) in [6.45, 7) is 0. The minimum absolute atomic E-state index is 0.213. The minimum Gasteiger partial charge on any atom is -0.365 e. The third kappa shape index (κ3) is 4.20. The van der Waals surface area contributed by atoms with Crippen molar-refractivity contribution in [2.75, 3.05) is 4.90 Å². The van der Waals surface area contributed by atoms with Gasteiger partial charge in [0.05, 0.1) is 5.25 Å². The first-order chi connectivity index (χ1) is 13.3. The summed E-state index contributed by atoms with van der Waals surface area (Å²) < 4.78 is 0.832. The van der Waals surface area contributed by atoms with Gasteiger partial charge in [0.15, 0.2) is 0 Å². The highest BCUT2D eigenvalue weighted by molar-refractivity contribution is 9.10. The molecule has 0 aliphatic carbocycles. The van der Waals surface area contributed by atoms with E-state index < -0.39 is 11.2 Å². The molecular weight excluding hydrogens is 485 g/mol. The number of carbonyl (C=O) groups is 2. The van der Waals surface area contributed by atoms with Gasteiger partial charge in [0.25, 0.3) is 5.91 Å². The lowest BCUT2D eigenvalue weighted by Crippen LogP contribution is -2.31. The first-order valence-electron chi connectivity index (χ1n) is 7.96. The number of nitriles is 1. The molecule has 2 aromatic carbocycles. The summed E-state index contributed by atoms with van der Waals surface area (Å²) in [5.41, 5.74) is 6.33. The van der Waals surface area contributed by atoms with Gasteiger partial charge in [0, 0.05) is 20.2 Å². The van der Waals surface area contributed by atoms with E-state index >= 15 is 0 Å². The van der Waals surface area contributed by atoms with Crippen LogP contribution in [0.3, 0.4) is 0 Å². The van der Waals surface area contributed by atoms with Crippen molar-refractivity contribution >= 4 is 68.4 Å². The Kier molecular flexibility index (Phi) is 6.36. The van der Waals surface area contributed by atoms with Crippen LogP contribution in [0.15, 0.2) is 57.5 Å². The molecule has 28 heavy (non-hydrogen) atoms. The summed E-state index contributed by atoms with van der Waals surface area (Å²) in [5, 5.41) is 10.0. The van der Waals surface area contributed by atoms with E-state index in [1.165, 1.54) is 4.90 Å². The summed E-state index contributed by atoms with van der Waals surface area (Å²) in [4.78, 5) is 26.3. The monoisotopic (exact) mass is 495 g/mol. The van der Waals surface area contributed by atoms with Gasteiger partial charge in [-0.1, -0.05) is 50.9 Å². The number of thioether (sulfide) groups is 1. The first-order valence-corrected chi connectivity index (χ1v) is 10.4. The lowest BCUT2D eigenvalue weighted by Gasteiger charge is -2.18. The Bertz CT molecular complexity index is 1030. The maximum Gasteiger partial charge on any atom is 0.262 e. The van der Waals surface area contributed by atoms with E-state index in [1.54, 1.807) is 42.5 Å². The zero-order chi connectivity index (χ0) is 20.4. The molecule has 0 radical (unpaired) electrons. The van der Waals surface area contributed by atoms with Crippen LogP contribution in [0.4, 0.5) is 5.69 Å². The Labute approximate surface area is 184 Å². The fourth-order valence-corrected chi connectivity index (χ4v) is 4.68. The summed E-state index contributed by atoms with van der Waals surface area (Å²) in [6.07, 6.45) is 0.289. The molecule has 2 aromatic rings. The predicted molar refractivity (Wildman–Crippen MR) is 115 cm³/mol. The molecule has 142 valence electrons. The van der Waals surface area contributed by atoms with Crippen LogP contribution < -0.4 is 10.6 Å². The molecular formula is C19H12BrCl2N3O2S. The van der Waals surface area contributed by atoms with Crippen molar-refractivity contribution < 1.29 is 9.59 Å². The minimum atomic E-state index is -0.888. The molecule has 0 aromatic heterocycles. The summed E-state index contributed by atoms with van der Waals surface area (Å²) in [5.74, 6) is -1.16. The fraction of sp³-hybridized carbons (Fsp3) is 0.105. The van der Waals surface area contributed by atoms with Crippen molar-refractivity contribution in [3.8, 4) is 6.07 Å². The molecule has 1 saturated heterocycles. The number of hydrogen-bond acceptors (Lipinski definition) is 4. The number of halogens is 3. The molecule has 3 rings (SSSR count). The van der Waals surface area contributed by atoms with Crippen LogP contribution in [0, 0.1) is 11.3 Å². The SMILES string of the molecule is N#C/C(C(N)=O)=C1/S[C@@H](Cc2cc(Cl)ccc2Cl)C(=O)N1c1ccc(Br)cc1. The summed E-state index contributed by atoms with van der Waals surface area (Å²) >= 11 is 16.7. The Balaban J connectivity index is 2.05. The van der Waals surface area contributed by atoms with Crippen LogP contribution in [0.25, 0.3) is 0 Å². The molecule has 1 fully saturated rings. The van der Waals surface area contributed by atoms with Crippen LogP contribution in [-0.2, 0) is 16.0 Å². The Morgan fingerprint density at radius 2 is 1.93 bits per heavy atom. The molecule has 2 N–H and O–H groups in total. The highest BCUT2D eigenvalue weighted by atomic mass is 79.9. The highest BCUT2D eigenvalue weighted by Crippen LogP contribution is 2.42. The van der Waals surface area contributed by atoms with Crippen LogP contribution in [0.1, 0.15) is 5.56 Å². The average Bonchev–Trinajstić information content (AvgIpc) is 2.95. The van der Waals surface area contributed by atoms with Crippen LogP contribution in [0.5, 0.6) is 0 Å². The fourth-order valence-electron chi connectivity index (χ4n) is 2.72. The largest absolute Gasteiger partial charge is 0.365 e. The number of nitrogens with two attached hydrogens (primary N) is 1.